The molecule has 0 amide bonds. The monoisotopic (exact) mass is 256 g/mol. The lowest BCUT2D eigenvalue weighted by Crippen LogP contribution is -2.11. The van der Waals surface area contributed by atoms with E-state index in [1.54, 1.807) is 0 Å². The van der Waals surface area contributed by atoms with E-state index in [1.165, 1.54) is 19.1 Å². The fourth-order valence-electron chi connectivity index (χ4n) is 1.43. The minimum atomic E-state index is -1.13. The summed E-state index contributed by atoms with van der Waals surface area (Å²) in [7, 11) is 0. The number of ketones is 1. The topological polar surface area (TPSA) is 67.5 Å². The molecule has 6 heteroatoms. The predicted molar refractivity (Wildman–Crippen MR) is 59.1 cm³/mol. The molecule has 0 bridgehead atoms. The summed E-state index contributed by atoms with van der Waals surface area (Å²) in [6.45, 7) is 1.19. The Morgan fingerprint density at radius 1 is 1.47 bits per heavy atom. The lowest BCUT2D eigenvalue weighted by Gasteiger charge is -2.03. The van der Waals surface area contributed by atoms with Crippen molar-refractivity contribution in [2.75, 3.05) is 0 Å². The summed E-state index contributed by atoms with van der Waals surface area (Å²) in [6.07, 6.45) is 0. The normalized spacial score (nSPS) is 10.8. The number of carbonyl (C=O) groups is 1. The molecular formula is C11H6ClFO4. The number of Topliss-reactive ketones (excluding diaryl/α,β-unsaturated/α-hetero) is 1. The molecule has 0 saturated carbocycles. The van der Waals surface area contributed by atoms with Crippen molar-refractivity contribution >= 4 is 28.4 Å². The largest absolute Gasteiger partial charge is 0.504 e. The second-order valence-corrected chi connectivity index (χ2v) is 3.85. The third-order valence-corrected chi connectivity index (χ3v) is 2.56. The summed E-state index contributed by atoms with van der Waals surface area (Å²) in [5.41, 5.74) is -1.58. The third-order valence-electron chi connectivity index (χ3n) is 2.27. The molecule has 1 aromatic carbocycles. The smallest absolute Gasteiger partial charge is 0.347 e. The zero-order valence-electron chi connectivity index (χ0n) is 8.58. The van der Waals surface area contributed by atoms with E-state index in [9.17, 15) is 19.1 Å². The van der Waals surface area contributed by atoms with Crippen molar-refractivity contribution in [3.8, 4) is 5.75 Å². The predicted octanol–water partition coefficient (Wildman–Crippen LogP) is 2.49. The van der Waals surface area contributed by atoms with Crippen molar-refractivity contribution in [3.63, 3.8) is 0 Å². The van der Waals surface area contributed by atoms with Crippen molar-refractivity contribution in [1.29, 1.82) is 0 Å². The zero-order chi connectivity index (χ0) is 12.7. The molecule has 0 saturated heterocycles. The van der Waals surface area contributed by atoms with Crippen molar-refractivity contribution in [3.05, 3.63) is 39.0 Å². The fraction of sp³-hybridized carbons (Fsp3) is 0.0909. The lowest BCUT2D eigenvalue weighted by molar-refractivity contribution is 0.101. The zero-order valence-corrected chi connectivity index (χ0v) is 9.34. The van der Waals surface area contributed by atoms with Gasteiger partial charge in [0.2, 0.25) is 5.82 Å². The van der Waals surface area contributed by atoms with Crippen molar-refractivity contribution in [2.45, 2.75) is 6.92 Å². The number of phenols is 1. The maximum atomic E-state index is 13.5. The van der Waals surface area contributed by atoms with Gasteiger partial charge in [0.25, 0.3) is 0 Å². The SMILES string of the molecule is CC(=O)c1cc2cc(Cl)c(O)c(F)c2oc1=O. The molecule has 0 aliphatic rings. The Labute approximate surface area is 99.2 Å². The second-order valence-electron chi connectivity index (χ2n) is 3.44. The molecule has 2 rings (SSSR count). The van der Waals surface area contributed by atoms with Crippen LogP contribution in [0, 0.1) is 5.82 Å². The Kier molecular flexibility index (Phi) is 2.63. The molecule has 2 aromatic rings. The second kappa shape index (κ2) is 3.85. The van der Waals surface area contributed by atoms with E-state index in [2.05, 4.69) is 4.42 Å². The van der Waals surface area contributed by atoms with Crippen LogP contribution in [0.15, 0.2) is 21.3 Å². The molecule has 0 unspecified atom stereocenters. The van der Waals surface area contributed by atoms with Gasteiger partial charge in [-0.25, -0.2) is 4.79 Å². The lowest BCUT2D eigenvalue weighted by atomic mass is 10.1. The van der Waals surface area contributed by atoms with E-state index in [4.69, 9.17) is 11.6 Å². The first-order valence-corrected chi connectivity index (χ1v) is 4.95. The van der Waals surface area contributed by atoms with Crippen LogP contribution >= 0.6 is 11.6 Å². The Hall–Kier alpha value is -1.88. The Morgan fingerprint density at radius 3 is 2.71 bits per heavy atom. The Balaban J connectivity index is 2.94. The molecule has 1 N–H and O–H groups in total. The quantitative estimate of drug-likeness (QED) is 0.629. The summed E-state index contributed by atoms with van der Waals surface area (Å²) in [4.78, 5) is 22.5. The van der Waals surface area contributed by atoms with Crippen molar-refractivity contribution < 1.29 is 18.7 Å². The van der Waals surface area contributed by atoms with Crippen LogP contribution in [0.25, 0.3) is 11.0 Å². The van der Waals surface area contributed by atoms with Gasteiger partial charge < -0.3 is 9.52 Å². The number of rotatable bonds is 1. The Morgan fingerprint density at radius 2 is 2.12 bits per heavy atom. The van der Waals surface area contributed by atoms with E-state index in [0.29, 0.717) is 0 Å². The first-order valence-electron chi connectivity index (χ1n) is 4.57. The van der Waals surface area contributed by atoms with Crippen LogP contribution in [0.3, 0.4) is 0 Å². The van der Waals surface area contributed by atoms with E-state index < -0.39 is 28.6 Å². The van der Waals surface area contributed by atoms with Gasteiger partial charge in [-0.2, -0.15) is 4.39 Å². The van der Waals surface area contributed by atoms with Crippen LogP contribution in [-0.4, -0.2) is 10.9 Å². The highest BCUT2D eigenvalue weighted by Gasteiger charge is 2.17. The maximum Gasteiger partial charge on any atom is 0.347 e. The highest BCUT2D eigenvalue weighted by atomic mass is 35.5. The molecule has 88 valence electrons. The van der Waals surface area contributed by atoms with Gasteiger partial charge in [0, 0.05) is 5.39 Å². The van der Waals surface area contributed by atoms with Crippen LogP contribution in [0.2, 0.25) is 5.02 Å². The number of carbonyl (C=O) groups excluding carboxylic acids is 1. The van der Waals surface area contributed by atoms with Gasteiger partial charge in [-0.3, -0.25) is 4.79 Å². The first-order chi connectivity index (χ1) is 7.91. The molecule has 0 radical (unpaired) electrons. The van der Waals surface area contributed by atoms with Crippen molar-refractivity contribution in [2.24, 2.45) is 0 Å². The number of hydrogen-bond donors (Lipinski definition) is 1. The molecule has 0 atom stereocenters. The molecule has 1 heterocycles. The molecule has 17 heavy (non-hydrogen) atoms. The van der Waals surface area contributed by atoms with Gasteiger partial charge in [-0.05, 0) is 19.1 Å². The summed E-state index contributed by atoms with van der Waals surface area (Å²) < 4.78 is 18.2. The van der Waals surface area contributed by atoms with E-state index in [-0.39, 0.29) is 16.0 Å². The van der Waals surface area contributed by atoms with Crippen LogP contribution < -0.4 is 5.63 Å². The Bertz CT molecular complexity index is 690. The summed E-state index contributed by atoms with van der Waals surface area (Å²) in [5, 5.41) is 9.15. The molecule has 1 aromatic heterocycles. The number of halogens is 2. The average Bonchev–Trinajstić information content (AvgIpc) is 2.26. The van der Waals surface area contributed by atoms with Crippen LogP contribution in [0.5, 0.6) is 5.75 Å². The highest BCUT2D eigenvalue weighted by Crippen LogP contribution is 2.32. The molecule has 0 aliphatic carbocycles. The number of phenolic OH excluding ortho intramolecular Hbond substituents is 1. The molecule has 0 spiro atoms. The standard InChI is InChI=1S/C11H6ClFO4/c1-4(14)6-2-5-3-7(12)9(15)8(13)10(5)17-11(6)16/h2-3,15H,1H3. The summed E-state index contributed by atoms with van der Waals surface area (Å²) in [6, 6.07) is 2.39. The summed E-state index contributed by atoms with van der Waals surface area (Å²) in [5.74, 6) is -2.41. The molecule has 0 aliphatic heterocycles. The van der Waals surface area contributed by atoms with Crippen LogP contribution in [-0.2, 0) is 0 Å². The van der Waals surface area contributed by atoms with Gasteiger partial charge in [0.1, 0.15) is 5.56 Å². The van der Waals surface area contributed by atoms with Gasteiger partial charge in [0.15, 0.2) is 17.1 Å². The number of aromatic hydroxyl groups is 1. The summed E-state index contributed by atoms with van der Waals surface area (Å²) >= 11 is 5.57. The van der Waals surface area contributed by atoms with Crippen molar-refractivity contribution in [1.82, 2.24) is 0 Å². The van der Waals surface area contributed by atoms with Gasteiger partial charge in [-0.1, -0.05) is 11.6 Å². The molecule has 0 fully saturated rings. The van der Waals surface area contributed by atoms with Crippen LogP contribution in [0.4, 0.5) is 4.39 Å². The van der Waals surface area contributed by atoms with E-state index in [1.807, 2.05) is 0 Å². The molecular weight excluding hydrogens is 251 g/mol. The minimum Gasteiger partial charge on any atom is -0.504 e. The highest BCUT2D eigenvalue weighted by molar-refractivity contribution is 6.32. The van der Waals surface area contributed by atoms with Gasteiger partial charge in [-0.15, -0.1) is 0 Å². The maximum absolute atomic E-state index is 13.5. The average molecular weight is 257 g/mol. The fourth-order valence-corrected chi connectivity index (χ4v) is 1.63. The van der Waals surface area contributed by atoms with E-state index >= 15 is 0 Å². The number of hydrogen-bond acceptors (Lipinski definition) is 4. The first kappa shape index (κ1) is 11.6. The number of benzene rings is 1. The van der Waals surface area contributed by atoms with Gasteiger partial charge >= 0.3 is 5.63 Å². The van der Waals surface area contributed by atoms with E-state index in [0.717, 1.165) is 0 Å². The third kappa shape index (κ3) is 1.78. The van der Waals surface area contributed by atoms with Crippen LogP contribution in [0.1, 0.15) is 17.3 Å². The molecule has 4 nitrogen and oxygen atoms in total. The van der Waals surface area contributed by atoms with Gasteiger partial charge in [0.05, 0.1) is 5.02 Å². The minimum absolute atomic E-state index is 0.134. The number of fused-ring (bicyclic) bond motifs is 1.